The molecule has 0 atom stereocenters. The number of hydrogen-bond acceptors (Lipinski definition) is 1. The molecule has 0 bridgehead atoms. The minimum absolute atomic E-state index is 0.518. The van der Waals surface area contributed by atoms with Gasteiger partial charge >= 0.3 is 5.97 Å². The molecule has 1 aliphatic rings. The molecule has 15 heavy (non-hydrogen) atoms. The SMILES string of the molecule is O=C(O)C1(Cc2ccc(Cl)cc2Br)CC1. The van der Waals surface area contributed by atoms with Gasteiger partial charge in [-0.3, -0.25) is 4.79 Å². The second-order valence-electron chi connectivity index (χ2n) is 4.00. The van der Waals surface area contributed by atoms with E-state index in [1.165, 1.54) is 0 Å². The van der Waals surface area contributed by atoms with Gasteiger partial charge in [0.15, 0.2) is 0 Å². The zero-order valence-electron chi connectivity index (χ0n) is 7.96. The molecule has 0 aliphatic heterocycles. The summed E-state index contributed by atoms with van der Waals surface area (Å²) in [4.78, 5) is 11.0. The predicted molar refractivity (Wildman–Crippen MR) is 62.2 cm³/mol. The maximum Gasteiger partial charge on any atom is 0.309 e. The van der Waals surface area contributed by atoms with Gasteiger partial charge in [-0.1, -0.05) is 33.6 Å². The zero-order valence-corrected chi connectivity index (χ0v) is 10.3. The molecule has 2 nitrogen and oxygen atoms in total. The van der Waals surface area contributed by atoms with Crippen molar-refractivity contribution in [1.29, 1.82) is 0 Å². The highest BCUT2D eigenvalue weighted by atomic mass is 79.9. The van der Waals surface area contributed by atoms with Gasteiger partial charge in [0, 0.05) is 9.50 Å². The second-order valence-corrected chi connectivity index (χ2v) is 5.29. The van der Waals surface area contributed by atoms with Crippen LogP contribution in [0.1, 0.15) is 18.4 Å². The summed E-state index contributed by atoms with van der Waals surface area (Å²) in [5.74, 6) is -0.690. The van der Waals surface area contributed by atoms with Gasteiger partial charge in [0.05, 0.1) is 5.41 Å². The Hall–Kier alpha value is -0.540. The quantitative estimate of drug-likeness (QED) is 0.924. The first kappa shape index (κ1) is 11.0. The molecule has 1 aromatic rings. The molecule has 1 fully saturated rings. The third-order valence-electron chi connectivity index (χ3n) is 2.85. The molecule has 80 valence electrons. The smallest absolute Gasteiger partial charge is 0.309 e. The number of carbonyl (C=O) groups is 1. The van der Waals surface area contributed by atoms with Gasteiger partial charge in [-0.15, -0.1) is 0 Å². The van der Waals surface area contributed by atoms with Crippen LogP contribution in [0.15, 0.2) is 22.7 Å². The first-order valence-corrected chi connectivity index (χ1v) is 5.88. The molecule has 4 heteroatoms. The fourth-order valence-electron chi connectivity index (χ4n) is 1.65. The van der Waals surface area contributed by atoms with Gasteiger partial charge in [0.2, 0.25) is 0 Å². The summed E-state index contributed by atoms with van der Waals surface area (Å²) >= 11 is 9.22. The Morgan fingerprint density at radius 3 is 2.67 bits per heavy atom. The Morgan fingerprint density at radius 1 is 1.53 bits per heavy atom. The fraction of sp³-hybridized carbons (Fsp3) is 0.364. The van der Waals surface area contributed by atoms with Crippen LogP contribution in [0, 0.1) is 5.41 Å². The molecule has 0 aromatic heterocycles. The average molecular weight is 290 g/mol. The molecular formula is C11H10BrClO2. The number of aliphatic carboxylic acids is 1. The molecule has 1 N–H and O–H groups in total. The van der Waals surface area contributed by atoms with Crippen LogP contribution in [0.4, 0.5) is 0 Å². The van der Waals surface area contributed by atoms with E-state index in [-0.39, 0.29) is 0 Å². The van der Waals surface area contributed by atoms with Gasteiger partial charge in [-0.2, -0.15) is 0 Å². The van der Waals surface area contributed by atoms with Crippen molar-refractivity contribution >= 4 is 33.5 Å². The van der Waals surface area contributed by atoms with Crippen LogP contribution >= 0.6 is 27.5 Å². The fourth-order valence-corrected chi connectivity index (χ4v) is 2.47. The molecule has 0 heterocycles. The van der Waals surface area contributed by atoms with Crippen molar-refractivity contribution in [2.75, 3.05) is 0 Å². The topological polar surface area (TPSA) is 37.3 Å². The van der Waals surface area contributed by atoms with E-state index < -0.39 is 11.4 Å². The van der Waals surface area contributed by atoms with E-state index in [1.54, 1.807) is 12.1 Å². The summed E-state index contributed by atoms with van der Waals surface area (Å²) in [5.41, 5.74) is 0.496. The van der Waals surface area contributed by atoms with Crippen molar-refractivity contribution in [3.63, 3.8) is 0 Å². The van der Waals surface area contributed by atoms with E-state index in [2.05, 4.69) is 15.9 Å². The Bertz CT molecular complexity index is 413. The number of hydrogen-bond donors (Lipinski definition) is 1. The minimum atomic E-state index is -0.690. The van der Waals surface area contributed by atoms with Gasteiger partial charge in [-0.25, -0.2) is 0 Å². The van der Waals surface area contributed by atoms with Crippen molar-refractivity contribution in [2.24, 2.45) is 5.41 Å². The van der Waals surface area contributed by atoms with Gasteiger partial charge < -0.3 is 5.11 Å². The first-order valence-electron chi connectivity index (χ1n) is 4.71. The predicted octanol–water partition coefficient (Wildman–Crippen LogP) is 3.51. The van der Waals surface area contributed by atoms with Gasteiger partial charge in [-0.05, 0) is 37.0 Å². The minimum Gasteiger partial charge on any atom is -0.481 e. The summed E-state index contributed by atoms with van der Waals surface area (Å²) in [5, 5.41) is 9.73. The van der Waals surface area contributed by atoms with E-state index >= 15 is 0 Å². The first-order chi connectivity index (χ1) is 7.03. The second kappa shape index (κ2) is 3.80. The van der Waals surface area contributed by atoms with E-state index in [9.17, 15) is 4.79 Å². The van der Waals surface area contributed by atoms with Crippen molar-refractivity contribution in [1.82, 2.24) is 0 Å². The normalized spacial score (nSPS) is 17.5. The van der Waals surface area contributed by atoms with Crippen molar-refractivity contribution in [2.45, 2.75) is 19.3 Å². The van der Waals surface area contributed by atoms with Crippen LogP contribution in [0.5, 0.6) is 0 Å². The van der Waals surface area contributed by atoms with E-state index in [4.69, 9.17) is 16.7 Å². The molecule has 2 rings (SSSR count). The third kappa shape index (κ3) is 2.18. The molecule has 0 saturated heterocycles. The van der Waals surface area contributed by atoms with Gasteiger partial charge in [0.1, 0.15) is 0 Å². The molecular weight excluding hydrogens is 279 g/mol. The third-order valence-corrected chi connectivity index (χ3v) is 3.82. The molecule has 1 aliphatic carbocycles. The number of halogens is 2. The standard InChI is InChI=1S/C11H10BrClO2/c12-9-5-8(13)2-1-7(9)6-11(3-4-11)10(14)15/h1-2,5H,3-4,6H2,(H,14,15). The summed E-state index contributed by atoms with van der Waals surface area (Å²) in [7, 11) is 0. The largest absolute Gasteiger partial charge is 0.481 e. The Labute approximate surface area is 101 Å². The molecule has 1 saturated carbocycles. The van der Waals surface area contributed by atoms with Crippen molar-refractivity contribution < 1.29 is 9.90 Å². The summed E-state index contributed by atoms with van der Waals surface area (Å²) in [6.07, 6.45) is 2.13. The monoisotopic (exact) mass is 288 g/mol. The Balaban J connectivity index is 2.21. The van der Waals surface area contributed by atoms with E-state index in [0.717, 1.165) is 22.9 Å². The highest BCUT2D eigenvalue weighted by Gasteiger charge is 2.50. The van der Waals surface area contributed by atoms with Crippen LogP contribution in [-0.2, 0) is 11.2 Å². The number of benzene rings is 1. The van der Waals surface area contributed by atoms with E-state index in [1.807, 2.05) is 6.07 Å². The number of rotatable bonds is 3. The molecule has 0 spiro atoms. The maximum atomic E-state index is 11.0. The van der Waals surface area contributed by atoms with Crippen LogP contribution in [0.25, 0.3) is 0 Å². The Morgan fingerprint density at radius 2 is 2.20 bits per heavy atom. The average Bonchev–Trinajstić information content (AvgIpc) is 2.91. The summed E-state index contributed by atoms with van der Waals surface area (Å²) in [6, 6.07) is 5.48. The lowest BCUT2D eigenvalue weighted by Gasteiger charge is -2.11. The highest BCUT2D eigenvalue weighted by molar-refractivity contribution is 9.10. The van der Waals surface area contributed by atoms with Crippen LogP contribution in [0.3, 0.4) is 0 Å². The number of carboxylic acid groups (broad SMARTS) is 1. The number of carboxylic acids is 1. The lowest BCUT2D eigenvalue weighted by Crippen LogP contribution is -2.17. The lowest BCUT2D eigenvalue weighted by molar-refractivity contribution is -0.143. The van der Waals surface area contributed by atoms with Crippen LogP contribution in [0.2, 0.25) is 5.02 Å². The zero-order chi connectivity index (χ0) is 11.1. The van der Waals surface area contributed by atoms with Crippen molar-refractivity contribution in [3.05, 3.63) is 33.3 Å². The molecule has 0 radical (unpaired) electrons. The summed E-state index contributed by atoms with van der Waals surface area (Å²) in [6.45, 7) is 0. The van der Waals surface area contributed by atoms with E-state index in [0.29, 0.717) is 11.4 Å². The van der Waals surface area contributed by atoms with Crippen molar-refractivity contribution in [3.8, 4) is 0 Å². The highest BCUT2D eigenvalue weighted by Crippen LogP contribution is 2.49. The lowest BCUT2D eigenvalue weighted by atomic mass is 9.97. The van der Waals surface area contributed by atoms with Crippen LogP contribution in [-0.4, -0.2) is 11.1 Å². The van der Waals surface area contributed by atoms with Crippen LogP contribution < -0.4 is 0 Å². The Kier molecular flexibility index (Phi) is 2.77. The molecule has 1 aromatic carbocycles. The summed E-state index contributed by atoms with van der Waals surface area (Å²) < 4.78 is 0.891. The molecule has 0 amide bonds. The van der Waals surface area contributed by atoms with Gasteiger partial charge in [0.25, 0.3) is 0 Å². The maximum absolute atomic E-state index is 11.0. The molecule has 0 unspecified atom stereocenters.